The predicted molar refractivity (Wildman–Crippen MR) is 129 cm³/mol. The molecule has 2 aromatic carbocycles. The van der Waals surface area contributed by atoms with Gasteiger partial charge in [-0.05, 0) is 78.9 Å². The van der Waals surface area contributed by atoms with Gasteiger partial charge in [0.2, 0.25) is 0 Å². The van der Waals surface area contributed by atoms with Crippen molar-refractivity contribution in [2.45, 2.75) is 19.3 Å². The quantitative estimate of drug-likeness (QED) is 0.395. The first kappa shape index (κ1) is 19.4. The third-order valence-corrected chi connectivity index (χ3v) is 5.95. The van der Waals surface area contributed by atoms with E-state index in [0.717, 1.165) is 28.2 Å². The van der Waals surface area contributed by atoms with E-state index in [0.29, 0.717) is 0 Å². The Morgan fingerprint density at radius 1 is 0.839 bits per heavy atom. The summed E-state index contributed by atoms with van der Waals surface area (Å²) >= 11 is 0. The maximum atomic E-state index is 5.24. The normalized spacial score (nSPS) is 14.4. The van der Waals surface area contributed by atoms with Crippen LogP contribution in [-0.2, 0) is 0 Å². The molecule has 0 amide bonds. The molecule has 3 heterocycles. The number of rotatable bonds is 5. The second-order valence-electron chi connectivity index (χ2n) is 8.05. The lowest BCUT2D eigenvalue weighted by atomic mass is 10.1. The zero-order valence-electron chi connectivity index (χ0n) is 17.9. The molecule has 0 saturated carbocycles. The van der Waals surface area contributed by atoms with E-state index in [1.165, 1.54) is 43.6 Å². The molecule has 0 radical (unpaired) electrons. The Kier molecular flexibility index (Phi) is 5.44. The Morgan fingerprint density at radius 3 is 2.32 bits per heavy atom. The molecular weight excluding hydrogens is 382 g/mol. The van der Waals surface area contributed by atoms with E-state index in [4.69, 9.17) is 9.72 Å². The molecule has 4 nitrogen and oxygen atoms in total. The fraction of sp³-hybridized carbons (Fsp3) is 0.222. The van der Waals surface area contributed by atoms with E-state index in [1.54, 1.807) is 7.11 Å². The molecule has 2 aromatic heterocycles. The molecule has 4 aromatic rings. The van der Waals surface area contributed by atoms with Gasteiger partial charge in [0.05, 0.1) is 12.8 Å². The minimum Gasteiger partial charge on any atom is -0.497 e. The molecule has 0 unspecified atom stereocenters. The molecule has 1 aliphatic heterocycles. The van der Waals surface area contributed by atoms with Gasteiger partial charge in [-0.25, -0.2) is 4.98 Å². The summed E-state index contributed by atoms with van der Waals surface area (Å²) in [5.74, 6) is 0.851. The van der Waals surface area contributed by atoms with Crippen molar-refractivity contribution in [3.63, 3.8) is 0 Å². The minimum atomic E-state index is 0.851. The summed E-state index contributed by atoms with van der Waals surface area (Å²) in [6.45, 7) is 2.36. The molecule has 156 valence electrons. The van der Waals surface area contributed by atoms with Crippen LogP contribution in [0.2, 0.25) is 0 Å². The summed E-state index contributed by atoms with van der Waals surface area (Å²) < 4.78 is 7.30. The van der Waals surface area contributed by atoms with E-state index in [1.807, 2.05) is 24.3 Å². The molecule has 1 saturated heterocycles. The summed E-state index contributed by atoms with van der Waals surface area (Å²) in [6, 6.07) is 21.1. The predicted octanol–water partition coefficient (Wildman–Crippen LogP) is 6.17. The average molecular weight is 410 g/mol. The number of pyridine rings is 1. The van der Waals surface area contributed by atoms with Crippen molar-refractivity contribution in [2.24, 2.45) is 0 Å². The summed E-state index contributed by atoms with van der Waals surface area (Å²) in [6.07, 6.45) is 12.4. The Morgan fingerprint density at radius 2 is 1.58 bits per heavy atom. The summed E-state index contributed by atoms with van der Waals surface area (Å²) in [4.78, 5) is 7.29. The number of aromatic nitrogens is 2. The van der Waals surface area contributed by atoms with E-state index in [-0.39, 0.29) is 0 Å². The van der Waals surface area contributed by atoms with Gasteiger partial charge in [0.15, 0.2) is 0 Å². The lowest BCUT2D eigenvalue weighted by Crippen LogP contribution is -2.29. The van der Waals surface area contributed by atoms with Crippen LogP contribution in [0.15, 0.2) is 73.1 Å². The first-order valence-electron chi connectivity index (χ1n) is 10.9. The van der Waals surface area contributed by atoms with Crippen LogP contribution in [0.3, 0.4) is 0 Å². The molecule has 0 atom stereocenters. The van der Waals surface area contributed by atoms with Crippen LogP contribution >= 0.6 is 0 Å². The number of hydrogen-bond acceptors (Lipinski definition) is 3. The third kappa shape index (κ3) is 4.33. The van der Waals surface area contributed by atoms with E-state index >= 15 is 0 Å². The smallest absolute Gasteiger partial charge is 0.138 e. The molecule has 0 spiro atoms. The summed E-state index contributed by atoms with van der Waals surface area (Å²) in [5.41, 5.74) is 6.66. The number of ether oxygens (including phenoxy) is 1. The zero-order valence-corrected chi connectivity index (χ0v) is 17.9. The van der Waals surface area contributed by atoms with E-state index in [2.05, 4.69) is 70.2 Å². The number of methoxy groups -OCH3 is 1. The fourth-order valence-corrected chi connectivity index (χ4v) is 4.14. The highest BCUT2D eigenvalue weighted by Gasteiger charge is 2.10. The first-order valence-corrected chi connectivity index (χ1v) is 10.9. The van der Waals surface area contributed by atoms with Gasteiger partial charge in [0.25, 0.3) is 0 Å². The van der Waals surface area contributed by atoms with Gasteiger partial charge in [0, 0.05) is 36.7 Å². The van der Waals surface area contributed by atoms with E-state index in [9.17, 15) is 0 Å². The molecular formula is C27H27N3O. The maximum absolute atomic E-state index is 5.24. The van der Waals surface area contributed by atoms with E-state index < -0.39 is 0 Å². The Hall–Kier alpha value is -3.53. The fourth-order valence-electron chi connectivity index (χ4n) is 4.14. The van der Waals surface area contributed by atoms with Gasteiger partial charge in [-0.15, -0.1) is 0 Å². The minimum absolute atomic E-state index is 0.851. The molecule has 4 heteroatoms. The monoisotopic (exact) mass is 409 g/mol. The summed E-state index contributed by atoms with van der Waals surface area (Å²) in [7, 11) is 1.68. The number of anilines is 1. The average Bonchev–Trinajstić information content (AvgIpc) is 3.27. The molecule has 0 aliphatic carbocycles. The number of fused-ring (bicyclic) bond motifs is 1. The largest absolute Gasteiger partial charge is 0.497 e. The van der Waals surface area contributed by atoms with Crippen molar-refractivity contribution < 1.29 is 4.74 Å². The Bertz CT molecular complexity index is 1180. The van der Waals surface area contributed by atoms with Gasteiger partial charge in [-0.2, -0.15) is 0 Å². The van der Waals surface area contributed by atoms with Gasteiger partial charge >= 0.3 is 0 Å². The van der Waals surface area contributed by atoms with Crippen LogP contribution in [0.5, 0.6) is 5.75 Å². The van der Waals surface area contributed by atoms with Crippen LogP contribution in [0.25, 0.3) is 29.1 Å². The van der Waals surface area contributed by atoms with Crippen molar-refractivity contribution in [3.8, 4) is 17.0 Å². The lowest BCUT2D eigenvalue weighted by Gasteiger charge is -2.28. The second-order valence-corrected chi connectivity index (χ2v) is 8.05. The van der Waals surface area contributed by atoms with Gasteiger partial charge in [0.1, 0.15) is 11.4 Å². The van der Waals surface area contributed by atoms with Crippen LogP contribution in [0.1, 0.15) is 30.4 Å². The van der Waals surface area contributed by atoms with Crippen LogP contribution < -0.4 is 9.64 Å². The molecule has 0 N–H and O–H groups in total. The van der Waals surface area contributed by atoms with Crippen molar-refractivity contribution in [2.75, 3.05) is 25.1 Å². The van der Waals surface area contributed by atoms with Crippen LogP contribution in [0.4, 0.5) is 5.69 Å². The first-order chi connectivity index (χ1) is 15.3. The van der Waals surface area contributed by atoms with Crippen LogP contribution in [-0.4, -0.2) is 29.6 Å². The number of benzene rings is 2. The Balaban J connectivity index is 1.32. The zero-order chi connectivity index (χ0) is 21.0. The van der Waals surface area contributed by atoms with Crippen molar-refractivity contribution in [1.82, 2.24) is 9.38 Å². The molecule has 31 heavy (non-hydrogen) atoms. The number of hydrogen-bond donors (Lipinski definition) is 0. The second kappa shape index (κ2) is 8.68. The molecule has 5 rings (SSSR count). The van der Waals surface area contributed by atoms with Crippen molar-refractivity contribution >= 4 is 23.5 Å². The topological polar surface area (TPSA) is 29.8 Å². The highest BCUT2D eigenvalue weighted by molar-refractivity contribution is 5.73. The maximum Gasteiger partial charge on any atom is 0.138 e. The molecule has 0 bridgehead atoms. The van der Waals surface area contributed by atoms with Gasteiger partial charge in [-0.1, -0.05) is 24.3 Å². The number of piperidine rings is 1. The number of nitrogens with zero attached hydrogens (tertiary/aromatic N) is 3. The molecule has 1 fully saturated rings. The highest BCUT2D eigenvalue weighted by Crippen LogP contribution is 2.24. The van der Waals surface area contributed by atoms with Gasteiger partial charge < -0.3 is 14.0 Å². The SMILES string of the molecule is COc1ccc(-c2cn3ccc(/C=C/c4ccc(N5CCCCC5)cc4)cc3n2)cc1. The highest BCUT2D eigenvalue weighted by atomic mass is 16.5. The molecule has 1 aliphatic rings. The summed E-state index contributed by atoms with van der Waals surface area (Å²) in [5, 5.41) is 0. The van der Waals surface area contributed by atoms with Crippen LogP contribution in [0, 0.1) is 0 Å². The standard InChI is InChI=1S/C27H27N3O/c1-31-25-13-9-23(10-14-25)26-20-30-18-15-22(19-27(30)28-26)6-5-21-7-11-24(12-8-21)29-16-3-2-4-17-29/h5-15,18-20H,2-4,16-17H2,1H3/b6-5+. The van der Waals surface area contributed by atoms with Crippen molar-refractivity contribution in [3.05, 3.63) is 84.2 Å². The number of imidazole rings is 1. The third-order valence-electron chi connectivity index (χ3n) is 5.95. The van der Waals surface area contributed by atoms with Gasteiger partial charge in [-0.3, -0.25) is 0 Å². The lowest BCUT2D eigenvalue weighted by molar-refractivity contribution is 0.415. The van der Waals surface area contributed by atoms with Crippen molar-refractivity contribution in [1.29, 1.82) is 0 Å². The Labute approximate surface area is 183 Å².